The summed E-state index contributed by atoms with van der Waals surface area (Å²) < 4.78 is 15.9. The van der Waals surface area contributed by atoms with Crippen LogP contribution in [0.5, 0.6) is 17.2 Å². The van der Waals surface area contributed by atoms with Crippen molar-refractivity contribution in [3.63, 3.8) is 0 Å². The minimum atomic E-state index is 0.576. The summed E-state index contributed by atoms with van der Waals surface area (Å²) in [4.78, 5) is 4.41. The maximum atomic E-state index is 5.30. The van der Waals surface area contributed by atoms with Crippen LogP contribution in [0.15, 0.2) is 47.5 Å². The first-order valence-corrected chi connectivity index (χ1v) is 6.17. The summed E-state index contributed by atoms with van der Waals surface area (Å²) in [5.74, 6) is 1.80. The standard InChI is InChI=1S/C16H17NO3/c1-18-14-9-12(10-15(19-2)16(14)20-3)11-17-13-7-5-4-6-8-13/h4-11H,1-3H3. The predicted octanol–water partition coefficient (Wildman–Crippen LogP) is 3.46. The van der Waals surface area contributed by atoms with E-state index in [1.807, 2.05) is 42.5 Å². The van der Waals surface area contributed by atoms with Crippen molar-refractivity contribution in [2.45, 2.75) is 0 Å². The molecule has 0 aromatic heterocycles. The van der Waals surface area contributed by atoms with Crippen molar-refractivity contribution in [2.75, 3.05) is 21.3 Å². The molecule has 2 aromatic rings. The van der Waals surface area contributed by atoms with Crippen LogP contribution in [0.25, 0.3) is 0 Å². The molecule has 2 rings (SSSR count). The zero-order valence-corrected chi connectivity index (χ0v) is 11.8. The van der Waals surface area contributed by atoms with E-state index in [4.69, 9.17) is 14.2 Å². The molecule has 4 nitrogen and oxygen atoms in total. The fraction of sp³-hybridized carbons (Fsp3) is 0.188. The van der Waals surface area contributed by atoms with Gasteiger partial charge in [0.05, 0.1) is 27.0 Å². The van der Waals surface area contributed by atoms with Gasteiger partial charge in [-0.25, -0.2) is 0 Å². The number of aliphatic imine (C=N–C) groups is 1. The largest absolute Gasteiger partial charge is 0.493 e. The lowest BCUT2D eigenvalue weighted by molar-refractivity contribution is 0.324. The van der Waals surface area contributed by atoms with Gasteiger partial charge in [-0.15, -0.1) is 0 Å². The number of hydrogen-bond donors (Lipinski definition) is 0. The van der Waals surface area contributed by atoms with Gasteiger partial charge >= 0.3 is 0 Å². The van der Waals surface area contributed by atoms with Crippen LogP contribution in [0.2, 0.25) is 0 Å². The second-order valence-electron chi connectivity index (χ2n) is 4.05. The van der Waals surface area contributed by atoms with Crippen molar-refractivity contribution in [1.82, 2.24) is 0 Å². The molecule has 4 heteroatoms. The van der Waals surface area contributed by atoms with Crippen molar-refractivity contribution in [3.8, 4) is 17.2 Å². The molecule has 0 saturated carbocycles. The molecule has 2 aromatic carbocycles. The van der Waals surface area contributed by atoms with Crippen LogP contribution in [-0.4, -0.2) is 27.5 Å². The average Bonchev–Trinajstić information content (AvgIpc) is 2.52. The second-order valence-corrected chi connectivity index (χ2v) is 4.05. The van der Waals surface area contributed by atoms with Gasteiger partial charge in [-0.05, 0) is 24.3 Å². The molecule has 0 aliphatic carbocycles. The molecule has 0 fully saturated rings. The molecule has 0 aliphatic rings. The fourth-order valence-corrected chi connectivity index (χ4v) is 1.84. The van der Waals surface area contributed by atoms with Gasteiger partial charge in [0.1, 0.15) is 0 Å². The van der Waals surface area contributed by atoms with Gasteiger partial charge in [-0.3, -0.25) is 4.99 Å². The van der Waals surface area contributed by atoms with Crippen molar-refractivity contribution >= 4 is 11.9 Å². The Balaban J connectivity index is 2.35. The molecule has 0 atom stereocenters. The minimum absolute atomic E-state index is 0.576. The zero-order chi connectivity index (χ0) is 14.4. The summed E-state index contributed by atoms with van der Waals surface area (Å²) in [6.07, 6.45) is 1.76. The maximum Gasteiger partial charge on any atom is 0.203 e. The lowest BCUT2D eigenvalue weighted by atomic mass is 10.2. The molecule has 0 radical (unpaired) electrons. The molecule has 20 heavy (non-hydrogen) atoms. The highest BCUT2D eigenvalue weighted by Gasteiger charge is 2.12. The number of rotatable bonds is 5. The van der Waals surface area contributed by atoms with E-state index in [1.165, 1.54) is 0 Å². The summed E-state index contributed by atoms with van der Waals surface area (Å²) >= 11 is 0. The molecule has 0 amide bonds. The summed E-state index contributed by atoms with van der Waals surface area (Å²) in [5, 5.41) is 0. The Bertz CT molecular complexity index is 569. The monoisotopic (exact) mass is 271 g/mol. The third kappa shape index (κ3) is 3.09. The molecule has 0 spiro atoms. The van der Waals surface area contributed by atoms with Gasteiger partial charge in [0.25, 0.3) is 0 Å². The molecule has 0 unspecified atom stereocenters. The Labute approximate surface area is 118 Å². The topological polar surface area (TPSA) is 40.0 Å². The number of benzene rings is 2. The van der Waals surface area contributed by atoms with E-state index >= 15 is 0 Å². The lowest BCUT2D eigenvalue weighted by Crippen LogP contribution is -1.96. The molecule has 0 N–H and O–H groups in total. The highest BCUT2D eigenvalue weighted by atomic mass is 16.5. The van der Waals surface area contributed by atoms with E-state index in [0.717, 1.165) is 11.3 Å². The molecule has 0 heterocycles. The van der Waals surface area contributed by atoms with Crippen molar-refractivity contribution in [1.29, 1.82) is 0 Å². The number of methoxy groups -OCH3 is 3. The number of para-hydroxylation sites is 1. The van der Waals surface area contributed by atoms with Crippen LogP contribution in [0.4, 0.5) is 5.69 Å². The summed E-state index contributed by atoms with van der Waals surface area (Å²) in [6, 6.07) is 13.4. The van der Waals surface area contributed by atoms with E-state index in [2.05, 4.69) is 4.99 Å². The Morgan fingerprint density at radius 3 is 1.95 bits per heavy atom. The first-order chi connectivity index (χ1) is 9.78. The smallest absolute Gasteiger partial charge is 0.203 e. The molecular formula is C16H17NO3. The van der Waals surface area contributed by atoms with Crippen molar-refractivity contribution in [2.24, 2.45) is 4.99 Å². The lowest BCUT2D eigenvalue weighted by Gasteiger charge is -2.12. The van der Waals surface area contributed by atoms with Crippen LogP contribution in [-0.2, 0) is 0 Å². The van der Waals surface area contributed by atoms with Gasteiger partial charge in [0.15, 0.2) is 11.5 Å². The van der Waals surface area contributed by atoms with Crippen LogP contribution < -0.4 is 14.2 Å². The van der Waals surface area contributed by atoms with Gasteiger partial charge in [0, 0.05) is 11.8 Å². The fourth-order valence-electron chi connectivity index (χ4n) is 1.84. The summed E-state index contributed by atoms with van der Waals surface area (Å²) in [5.41, 5.74) is 1.77. The quantitative estimate of drug-likeness (QED) is 0.782. The Morgan fingerprint density at radius 2 is 1.45 bits per heavy atom. The van der Waals surface area contributed by atoms with E-state index in [-0.39, 0.29) is 0 Å². The molecule has 0 saturated heterocycles. The summed E-state index contributed by atoms with van der Waals surface area (Å²) in [7, 11) is 4.77. The van der Waals surface area contributed by atoms with Crippen LogP contribution in [0.1, 0.15) is 5.56 Å². The van der Waals surface area contributed by atoms with Crippen LogP contribution >= 0.6 is 0 Å². The first-order valence-electron chi connectivity index (χ1n) is 6.17. The summed E-state index contributed by atoms with van der Waals surface area (Å²) in [6.45, 7) is 0. The molecule has 104 valence electrons. The predicted molar refractivity (Wildman–Crippen MR) is 79.8 cm³/mol. The highest BCUT2D eigenvalue weighted by molar-refractivity contribution is 5.84. The third-order valence-corrected chi connectivity index (χ3v) is 2.81. The van der Waals surface area contributed by atoms with Crippen molar-refractivity contribution in [3.05, 3.63) is 48.0 Å². The van der Waals surface area contributed by atoms with Gasteiger partial charge in [-0.2, -0.15) is 0 Å². The highest BCUT2D eigenvalue weighted by Crippen LogP contribution is 2.37. The Morgan fingerprint density at radius 1 is 0.850 bits per heavy atom. The number of hydrogen-bond acceptors (Lipinski definition) is 4. The third-order valence-electron chi connectivity index (χ3n) is 2.81. The number of ether oxygens (including phenoxy) is 3. The molecular weight excluding hydrogens is 254 g/mol. The van der Waals surface area contributed by atoms with E-state index in [9.17, 15) is 0 Å². The van der Waals surface area contributed by atoms with Crippen LogP contribution in [0, 0.1) is 0 Å². The average molecular weight is 271 g/mol. The molecule has 0 aliphatic heterocycles. The van der Waals surface area contributed by atoms with Crippen molar-refractivity contribution < 1.29 is 14.2 Å². The van der Waals surface area contributed by atoms with Gasteiger partial charge in [0.2, 0.25) is 5.75 Å². The van der Waals surface area contributed by atoms with E-state index < -0.39 is 0 Å². The Hall–Kier alpha value is -2.49. The SMILES string of the molecule is COc1cc(C=Nc2ccccc2)cc(OC)c1OC. The normalized spacial score (nSPS) is 10.6. The van der Waals surface area contributed by atoms with Crippen LogP contribution in [0.3, 0.4) is 0 Å². The maximum absolute atomic E-state index is 5.30. The second kappa shape index (κ2) is 6.61. The Kier molecular flexibility index (Phi) is 4.60. The van der Waals surface area contributed by atoms with E-state index in [0.29, 0.717) is 17.2 Å². The number of nitrogens with zero attached hydrogens (tertiary/aromatic N) is 1. The molecule has 0 bridgehead atoms. The van der Waals surface area contributed by atoms with E-state index in [1.54, 1.807) is 27.5 Å². The first kappa shape index (κ1) is 13.9. The zero-order valence-electron chi connectivity index (χ0n) is 11.8. The van der Waals surface area contributed by atoms with Gasteiger partial charge in [-0.1, -0.05) is 18.2 Å². The minimum Gasteiger partial charge on any atom is -0.493 e. The van der Waals surface area contributed by atoms with Gasteiger partial charge < -0.3 is 14.2 Å².